The number of ether oxygens (including phenoxy) is 3. The van der Waals surface area contributed by atoms with Gasteiger partial charge in [0.2, 0.25) is 6.79 Å². The Hall–Kier alpha value is -2.65. The summed E-state index contributed by atoms with van der Waals surface area (Å²) < 4.78 is 51.2. The van der Waals surface area contributed by atoms with Crippen LogP contribution >= 0.6 is 11.6 Å². The van der Waals surface area contributed by atoms with Crippen molar-refractivity contribution in [2.75, 3.05) is 33.0 Å². The summed E-state index contributed by atoms with van der Waals surface area (Å²) in [6, 6.07) is 9.01. The molecule has 0 atom stereocenters. The van der Waals surface area contributed by atoms with Crippen LogP contribution in [0.5, 0.6) is 17.2 Å². The van der Waals surface area contributed by atoms with Crippen LogP contribution in [0.25, 0.3) is 0 Å². The minimum Gasteiger partial charge on any atom is -0.454 e. The van der Waals surface area contributed by atoms with E-state index >= 15 is 0 Å². The smallest absolute Gasteiger partial charge is 0.454 e. The van der Waals surface area contributed by atoms with Gasteiger partial charge in [-0.1, -0.05) is 23.7 Å². The van der Waals surface area contributed by atoms with Gasteiger partial charge in [-0.15, -0.1) is 13.2 Å². The molecule has 4 rings (SSSR count). The lowest BCUT2D eigenvalue weighted by atomic mass is 10.1. The molecule has 2 aromatic rings. The molecule has 0 spiro atoms. The van der Waals surface area contributed by atoms with E-state index in [9.17, 15) is 18.0 Å². The number of nitrogens with zero attached hydrogens (tertiary/aromatic N) is 2. The number of alkyl halides is 3. The first kappa shape index (κ1) is 20.6. The SMILES string of the molecule is O=C(c1cc(Cl)c2c(c1)OCO2)N1CCN(Cc2ccc(OC(F)(F)F)cc2)CC1. The van der Waals surface area contributed by atoms with E-state index in [1.54, 1.807) is 29.2 Å². The number of fused-ring (bicyclic) bond motifs is 1. The largest absolute Gasteiger partial charge is 0.573 e. The van der Waals surface area contributed by atoms with Crippen molar-refractivity contribution >= 4 is 17.5 Å². The molecule has 0 aromatic heterocycles. The van der Waals surface area contributed by atoms with Gasteiger partial charge < -0.3 is 19.1 Å². The van der Waals surface area contributed by atoms with Crippen LogP contribution in [0.2, 0.25) is 5.02 Å². The number of rotatable bonds is 4. The minimum atomic E-state index is -4.70. The number of benzene rings is 2. The van der Waals surface area contributed by atoms with Crippen LogP contribution in [0, 0.1) is 0 Å². The molecule has 2 aromatic carbocycles. The van der Waals surface area contributed by atoms with Crippen molar-refractivity contribution in [1.82, 2.24) is 9.80 Å². The first-order valence-corrected chi connectivity index (χ1v) is 9.62. The highest BCUT2D eigenvalue weighted by molar-refractivity contribution is 6.32. The van der Waals surface area contributed by atoms with Crippen LogP contribution < -0.4 is 14.2 Å². The second kappa shape index (κ2) is 8.23. The number of amides is 1. The third kappa shape index (κ3) is 4.73. The fourth-order valence-corrected chi connectivity index (χ4v) is 3.70. The van der Waals surface area contributed by atoms with Gasteiger partial charge in [-0.25, -0.2) is 0 Å². The maximum atomic E-state index is 12.8. The Bertz CT molecular complexity index is 929. The molecule has 2 aliphatic heterocycles. The summed E-state index contributed by atoms with van der Waals surface area (Å²) in [5, 5.41) is 0.338. The Morgan fingerprint density at radius 1 is 1.07 bits per heavy atom. The normalized spacial score (nSPS) is 16.6. The van der Waals surface area contributed by atoms with Crippen molar-refractivity contribution in [2.24, 2.45) is 0 Å². The van der Waals surface area contributed by atoms with Gasteiger partial charge in [0.15, 0.2) is 11.5 Å². The average molecular weight is 443 g/mol. The number of carbonyl (C=O) groups excluding carboxylic acids is 1. The minimum absolute atomic E-state index is 0.0781. The number of piperazine rings is 1. The molecule has 2 heterocycles. The Kier molecular flexibility index (Phi) is 5.66. The predicted molar refractivity (Wildman–Crippen MR) is 102 cm³/mol. The van der Waals surface area contributed by atoms with E-state index in [1.165, 1.54) is 12.1 Å². The first-order chi connectivity index (χ1) is 14.3. The zero-order chi connectivity index (χ0) is 21.3. The summed E-state index contributed by atoms with van der Waals surface area (Å²) in [6.07, 6.45) is -4.70. The topological polar surface area (TPSA) is 51.2 Å². The molecule has 0 bridgehead atoms. The summed E-state index contributed by atoms with van der Waals surface area (Å²) in [7, 11) is 0. The maximum Gasteiger partial charge on any atom is 0.573 e. The van der Waals surface area contributed by atoms with Gasteiger partial charge in [0.05, 0.1) is 5.02 Å². The first-order valence-electron chi connectivity index (χ1n) is 9.24. The Balaban J connectivity index is 1.32. The van der Waals surface area contributed by atoms with E-state index in [2.05, 4.69) is 9.64 Å². The van der Waals surface area contributed by atoms with Crippen LogP contribution in [0.3, 0.4) is 0 Å². The monoisotopic (exact) mass is 442 g/mol. The summed E-state index contributed by atoms with van der Waals surface area (Å²) in [5.41, 5.74) is 1.31. The summed E-state index contributed by atoms with van der Waals surface area (Å²) >= 11 is 6.16. The van der Waals surface area contributed by atoms with Crippen LogP contribution in [-0.4, -0.2) is 55.0 Å². The van der Waals surface area contributed by atoms with Gasteiger partial charge in [0.1, 0.15) is 5.75 Å². The Labute approximate surface area is 175 Å². The van der Waals surface area contributed by atoms with E-state index in [0.29, 0.717) is 54.8 Å². The summed E-state index contributed by atoms with van der Waals surface area (Å²) in [5.74, 6) is 0.527. The molecule has 0 N–H and O–H groups in total. The molecule has 0 radical (unpaired) electrons. The van der Waals surface area contributed by atoms with Crippen molar-refractivity contribution in [2.45, 2.75) is 12.9 Å². The molecule has 0 unspecified atom stereocenters. The zero-order valence-electron chi connectivity index (χ0n) is 15.7. The molecule has 1 fully saturated rings. The number of halogens is 4. The zero-order valence-corrected chi connectivity index (χ0v) is 16.5. The quantitative estimate of drug-likeness (QED) is 0.718. The summed E-state index contributed by atoms with van der Waals surface area (Å²) in [4.78, 5) is 16.7. The molecule has 0 saturated carbocycles. The molecule has 160 valence electrons. The number of hydrogen-bond donors (Lipinski definition) is 0. The highest BCUT2D eigenvalue weighted by atomic mass is 35.5. The Morgan fingerprint density at radius 3 is 2.43 bits per heavy atom. The third-order valence-corrected chi connectivity index (χ3v) is 5.18. The Morgan fingerprint density at radius 2 is 1.77 bits per heavy atom. The van der Waals surface area contributed by atoms with Crippen LogP contribution in [0.15, 0.2) is 36.4 Å². The highest BCUT2D eigenvalue weighted by Crippen LogP contribution is 2.40. The fourth-order valence-electron chi connectivity index (χ4n) is 3.44. The van der Waals surface area contributed by atoms with Gasteiger partial charge in [0.25, 0.3) is 5.91 Å². The molecular weight excluding hydrogens is 425 g/mol. The van der Waals surface area contributed by atoms with E-state index in [0.717, 1.165) is 5.56 Å². The highest BCUT2D eigenvalue weighted by Gasteiger charge is 2.31. The number of carbonyl (C=O) groups is 1. The third-order valence-electron chi connectivity index (χ3n) is 4.90. The van der Waals surface area contributed by atoms with E-state index in [-0.39, 0.29) is 18.4 Å². The lowest BCUT2D eigenvalue weighted by Crippen LogP contribution is -2.48. The van der Waals surface area contributed by atoms with Gasteiger partial charge in [-0.3, -0.25) is 9.69 Å². The van der Waals surface area contributed by atoms with Crippen molar-refractivity contribution in [1.29, 1.82) is 0 Å². The van der Waals surface area contributed by atoms with Gasteiger partial charge >= 0.3 is 6.36 Å². The van der Waals surface area contributed by atoms with Crippen molar-refractivity contribution in [3.8, 4) is 17.2 Å². The molecule has 10 heteroatoms. The average Bonchev–Trinajstić information content (AvgIpc) is 3.18. The lowest BCUT2D eigenvalue weighted by Gasteiger charge is -2.34. The summed E-state index contributed by atoms with van der Waals surface area (Å²) in [6.45, 7) is 2.99. The van der Waals surface area contributed by atoms with Crippen LogP contribution in [0.1, 0.15) is 15.9 Å². The van der Waals surface area contributed by atoms with Gasteiger partial charge in [0, 0.05) is 38.3 Å². The molecule has 2 aliphatic rings. The molecule has 30 heavy (non-hydrogen) atoms. The fraction of sp³-hybridized carbons (Fsp3) is 0.350. The second-order valence-corrected chi connectivity index (χ2v) is 7.36. The van der Waals surface area contributed by atoms with Crippen molar-refractivity contribution in [3.05, 3.63) is 52.5 Å². The van der Waals surface area contributed by atoms with Gasteiger partial charge in [-0.2, -0.15) is 0 Å². The molecule has 1 amide bonds. The lowest BCUT2D eigenvalue weighted by molar-refractivity contribution is -0.274. The molecule has 0 aliphatic carbocycles. The van der Waals surface area contributed by atoms with E-state index < -0.39 is 6.36 Å². The van der Waals surface area contributed by atoms with Crippen molar-refractivity contribution in [3.63, 3.8) is 0 Å². The van der Waals surface area contributed by atoms with Crippen LogP contribution in [-0.2, 0) is 6.54 Å². The standard InChI is InChI=1S/C20H18ClF3N2O4/c21-16-9-14(10-17-18(16)29-12-28-17)19(27)26-7-5-25(6-8-26)11-13-1-3-15(4-2-13)30-20(22,23)24/h1-4,9-10H,5-8,11-12H2. The number of hydrogen-bond acceptors (Lipinski definition) is 5. The van der Waals surface area contributed by atoms with E-state index in [4.69, 9.17) is 21.1 Å². The molecule has 6 nitrogen and oxygen atoms in total. The molecular formula is C20H18ClF3N2O4. The predicted octanol–water partition coefficient (Wildman–Crippen LogP) is 3.93. The molecule has 1 saturated heterocycles. The maximum absolute atomic E-state index is 12.8. The second-order valence-electron chi connectivity index (χ2n) is 6.95. The van der Waals surface area contributed by atoms with Gasteiger partial charge in [-0.05, 0) is 29.8 Å². The van der Waals surface area contributed by atoms with Crippen LogP contribution in [0.4, 0.5) is 13.2 Å². The van der Waals surface area contributed by atoms with E-state index in [1.807, 2.05) is 0 Å². The van der Waals surface area contributed by atoms with Crippen molar-refractivity contribution < 1.29 is 32.2 Å².